The van der Waals surface area contributed by atoms with Gasteiger partial charge in [0, 0.05) is 17.8 Å². The number of nitro groups is 1. The molecular weight excluding hydrogens is 474 g/mol. The Morgan fingerprint density at radius 1 is 1.03 bits per heavy atom. The van der Waals surface area contributed by atoms with Crippen LogP contribution in [0.15, 0.2) is 78.5 Å². The summed E-state index contributed by atoms with van der Waals surface area (Å²) in [5.41, 5.74) is 0.571. The Hall–Kier alpha value is -4.50. The molecule has 0 aliphatic carbocycles. The summed E-state index contributed by atoms with van der Waals surface area (Å²) < 4.78 is 4.97. The van der Waals surface area contributed by atoms with Gasteiger partial charge in [0.1, 0.15) is 5.70 Å². The van der Waals surface area contributed by atoms with E-state index in [2.05, 4.69) is 10.6 Å². The maximum Gasteiger partial charge on any atom is 0.338 e. The lowest BCUT2D eigenvalue weighted by Crippen LogP contribution is -2.31. The Morgan fingerprint density at radius 2 is 1.77 bits per heavy atom. The van der Waals surface area contributed by atoms with Gasteiger partial charge in [0.05, 0.1) is 27.7 Å². The lowest BCUT2D eigenvalue weighted by Gasteiger charge is -2.12. The largest absolute Gasteiger partial charge is 0.462 e. The summed E-state index contributed by atoms with van der Waals surface area (Å²) in [7, 11) is 0. The number of carbonyl (C=O) groups is 3. The van der Waals surface area contributed by atoms with E-state index in [-0.39, 0.29) is 39.8 Å². The molecule has 3 rings (SSSR count). The predicted octanol–water partition coefficient (Wildman–Crippen LogP) is 4.83. The van der Waals surface area contributed by atoms with Crippen LogP contribution >= 0.6 is 11.6 Å². The van der Waals surface area contributed by atoms with Crippen LogP contribution in [0, 0.1) is 10.1 Å². The van der Waals surface area contributed by atoms with Crippen molar-refractivity contribution in [2.24, 2.45) is 0 Å². The first-order chi connectivity index (χ1) is 16.8. The van der Waals surface area contributed by atoms with Gasteiger partial charge in [-0.2, -0.15) is 0 Å². The van der Waals surface area contributed by atoms with Gasteiger partial charge in [-0.25, -0.2) is 4.79 Å². The van der Waals surface area contributed by atoms with E-state index in [9.17, 15) is 24.5 Å². The van der Waals surface area contributed by atoms with Gasteiger partial charge in [-0.15, -0.1) is 0 Å². The molecule has 0 saturated heterocycles. The van der Waals surface area contributed by atoms with E-state index in [0.29, 0.717) is 5.56 Å². The molecule has 0 atom stereocenters. The molecule has 9 nitrogen and oxygen atoms in total. The Morgan fingerprint density at radius 3 is 2.49 bits per heavy atom. The summed E-state index contributed by atoms with van der Waals surface area (Å²) in [6, 6.07) is 17.9. The third kappa shape index (κ3) is 6.75. The minimum Gasteiger partial charge on any atom is -0.462 e. The summed E-state index contributed by atoms with van der Waals surface area (Å²) in [5.74, 6) is -1.93. The fourth-order valence-corrected chi connectivity index (χ4v) is 3.25. The lowest BCUT2D eigenvalue weighted by atomic mass is 10.1. The molecule has 0 aliphatic rings. The number of carbonyl (C=O) groups excluding carboxylic acids is 3. The molecule has 3 aromatic carbocycles. The normalized spacial score (nSPS) is 10.9. The summed E-state index contributed by atoms with van der Waals surface area (Å²) in [6.45, 7) is 1.87. The number of nitrogens with zero attached hydrogens (tertiary/aromatic N) is 1. The van der Waals surface area contributed by atoms with Gasteiger partial charge in [-0.3, -0.25) is 19.7 Å². The maximum atomic E-state index is 13.1. The molecule has 178 valence electrons. The number of esters is 1. The molecule has 0 radical (unpaired) electrons. The zero-order chi connectivity index (χ0) is 25.4. The molecule has 0 spiro atoms. The van der Waals surface area contributed by atoms with E-state index in [1.165, 1.54) is 48.5 Å². The molecule has 0 aromatic heterocycles. The summed E-state index contributed by atoms with van der Waals surface area (Å²) in [6.07, 6.45) is 1.30. The van der Waals surface area contributed by atoms with Crippen molar-refractivity contribution in [3.8, 4) is 0 Å². The van der Waals surface area contributed by atoms with Crippen molar-refractivity contribution in [1.82, 2.24) is 5.32 Å². The maximum absolute atomic E-state index is 13.1. The second-order valence-electron chi connectivity index (χ2n) is 7.10. The van der Waals surface area contributed by atoms with Crippen molar-refractivity contribution in [3.05, 3.63) is 110 Å². The molecule has 0 saturated carbocycles. The predicted molar refractivity (Wildman–Crippen MR) is 131 cm³/mol. The second kappa shape index (κ2) is 11.6. The Labute approximate surface area is 205 Å². The van der Waals surface area contributed by atoms with Gasteiger partial charge in [0.25, 0.3) is 17.5 Å². The van der Waals surface area contributed by atoms with Crippen LogP contribution in [-0.2, 0) is 9.53 Å². The van der Waals surface area contributed by atoms with E-state index in [4.69, 9.17) is 16.3 Å². The minimum absolute atomic E-state index is 0.135. The molecular formula is C25H20ClN3O6. The summed E-state index contributed by atoms with van der Waals surface area (Å²) in [4.78, 5) is 48.5. The molecule has 2 N–H and O–H groups in total. The van der Waals surface area contributed by atoms with Crippen LogP contribution in [-0.4, -0.2) is 29.3 Å². The van der Waals surface area contributed by atoms with Gasteiger partial charge in [0.2, 0.25) is 0 Å². The zero-order valence-corrected chi connectivity index (χ0v) is 19.2. The fourth-order valence-electron chi connectivity index (χ4n) is 3.02. The van der Waals surface area contributed by atoms with Gasteiger partial charge >= 0.3 is 5.97 Å². The molecule has 3 aromatic rings. The Kier molecular flexibility index (Phi) is 8.31. The van der Waals surface area contributed by atoms with Crippen LogP contribution in [0.5, 0.6) is 0 Å². The average molecular weight is 494 g/mol. The molecule has 0 fully saturated rings. The van der Waals surface area contributed by atoms with E-state index >= 15 is 0 Å². The summed E-state index contributed by atoms with van der Waals surface area (Å²) >= 11 is 6.10. The van der Waals surface area contributed by atoms with Crippen molar-refractivity contribution in [1.29, 1.82) is 0 Å². The van der Waals surface area contributed by atoms with Crippen LogP contribution in [0.25, 0.3) is 6.08 Å². The first-order valence-corrected chi connectivity index (χ1v) is 10.8. The molecule has 0 bridgehead atoms. The molecule has 10 heteroatoms. The number of benzene rings is 3. The monoisotopic (exact) mass is 493 g/mol. The standard InChI is InChI=1S/C25H20ClN3O6/c1-2-35-25(32)17-8-6-9-18(15-17)27-24(31)22(14-16-7-5-10-19(13-16)29(33)34)28-23(30)20-11-3-4-12-21(20)26/h3-15H,2H2,1H3,(H,27,31)(H,28,30)/b22-14+. The van der Waals surface area contributed by atoms with Crippen molar-refractivity contribution in [2.45, 2.75) is 6.92 Å². The van der Waals surface area contributed by atoms with Crippen LogP contribution in [0.3, 0.4) is 0 Å². The SMILES string of the molecule is CCOC(=O)c1cccc(NC(=O)/C(=C\c2cccc([N+](=O)[O-])c2)NC(=O)c2ccccc2Cl)c1. The number of non-ortho nitro benzene ring substituents is 1. The van der Waals surface area contributed by atoms with E-state index in [1.54, 1.807) is 37.3 Å². The van der Waals surface area contributed by atoms with Crippen LogP contribution in [0.1, 0.15) is 33.2 Å². The quantitative estimate of drug-likeness (QED) is 0.200. The van der Waals surface area contributed by atoms with E-state index in [0.717, 1.165) is 0 Å². The van der Waals surface area contributed by atoms with Crippen LogP contribution in [0.4, 0.5) is 11.4 Å². The number of anilines is 1. The average Bonchev–Trinajstić information content (AvgIpc) is 2.84. The molecule has 0 heterocycles. The summed E-state index contributed by atoms with van der Waals surface area (Å²) in [5, 5.41) is 16.4. The number of rotatable bonds is 8. The smallest absolute Gasteiger partial charge is 0.338 e. The van der Waals surface area contributed by atoms with Crippen molar-refractivity contribution in [3.63, 3.8) is 0 Å². The highest BCUT2D eigenvalue weighted by atomic mass is 35.5. The second-order valence-corrected chi connectivity index (χ2v) is 7.51. The molecule has 35 heavy (non-hydrogen) atoms. The van der Waals surface area contributed by atoms with Gasteiger partial charge in [-0.05, 0) is 48.9 Å². The highest BCUT2D eigenvalue weighted by Gasteiger charge is 2.18. The zero-order valence-electron chi connectivity index (χ0n) is 18.5. The molecule has 0 aliphatic heterocycles. The van der Waals surface area contributed by atoms with Crippen molar-refractivity contribution in [2.75, 3.05) is 11.9 Å². The lowest BCUT2D eigenvalue weighted by molar-refractivity contribution is -0.384. The Bertz CT molecular complexity index is 1320. The van der Waals surface area contributed by atoms with Gasteiger partial charge in [0.15, 0.2) is 0 Å². The fraction of sp³-hybridized carbons (Fsp3) is 0.0800. The van der Waals surface area contributed by atoms with E-state index < -0.39 is 22.7 Å². The number of amides is 2. The Balaban J connectivity index is 1.94. The topological polar surface area (TPSA) is 128 Å². The van der Waals surface area contributed by atoms with Crippen LogP contribution in [0.2, 0.25) is 5.02 Å². The molecule has 2 amide bonds. The van der Waals surface area contributed by atoms with Gasteiger partial charge in [-0.1, -0.05) is 41.9 Å². The number of hydrogen-bond donors (Lipinski definition) is 2. The van der Waals surface area contributed by atoms with E-state index in [1.807, 2.05) is 0 Å². The third-order valence-electron chi connectivity index (χ3n) is 4.63. The number of halogens is 1. The number of ether oxygens (including phenoxy) is 1. The minimum atomic E-state index is -0.724. The highest BCUT2D eigenvalue weighted by molar-refractivity contribution is 6.34. The number of nitro benzene ring substituents is 1. The van der Waals surface area contributed by atoms with Gasteiger partial charge < -0.3 is 15.4 Å². The first kappa shape index (κ1) is 25.1. The van der Waals surface area contributed by atoms with Crippen LogP contribution < -0.4 is 10.6 Å². The van der Waals surface area contributed by atoms with Crippen molar-refractivity contribution < 1.29 is 24.0 Å². The highest BCUT2D eigenvalue weighted by Crippen LogP contribution is 2.19. The number of nitrogens with one attached hydrogen (secondary N) is 2. The van der Waals surface area contributed by atoms with Crippen molar-refractivity contribution >= 4 is 46.8 Å². The molecule has 0 unspecified atom stereocenters. The third-order valence-corrected chi connectivity index (χ3v) is 4.96. The first-order valence-electron chi connectivity index (χ1n) is 10.4. The number of hydrogen-bond acceptors (Lipinski definition) is 6.